The van der Waals surface area contributed by atoms with Gasteiger partial charge in [-0.25, -0.2) is 13.8 Å². The summed E-state index contributed by atoms with van der Waals surface area (Å²) in [6, 6.07) is 10.8. The highest BCUT2D eigenvalue weighted by atomic mass is 32.1. The van der Waals surface area contributed by atoms with Gasteiger partial charge in [-0.15, -0.1) is 0 Å². The SMILES string of the molecule is CNC(=O)c1cc(Oc2ccc3nc(NC(=O)c4cc(F)cc(F)c4)sc3c2)ccn1. The first kappa shape index (κ1) is 20.4. The predicted octanol–water partition coefficient (Wildman–Crippen LogP) is 4.37. The number of hydrogen-bond acceptors (Lipinski definition) is 6. The predicted molar refractivity (Wildman–Crippen MR) is 112 cm³/mol. The molecule has 0 unspecified atom stereocenters. The maximum Gasteiger partial charge on any atom is 0.269 e. The van der Waals surface area contributed by atoms with Gasteiger partial charge in [0.2, 0.25) is 0 Å². The summed E-state index contributed by atoms with van der Waals surface area (Å²) < 4.78 is 33.2. The molecule has 2 N–H and O–H groups in total. The first-order valence-corrected chi connectivity index (χ1v) is 9.77. The molecule has 0 bridgehead atoms. The molecule has 31 heavy (non-hydrogen) atoms. The van der Waals surface area contributed by atoms with Crippen molar-refractivity contribution in [3.63, 3.8) is 0 Å². The summed E-state index contributed by atoms with van der Waals surface area (Å²) in [5.41, 5.74) is 0.682. The van der Waals surface area contributed by atoms with Crippen LogP contribution in [-0.2, 0) is 0 Å². The van der Waals surface area contributed by atoms with Crippen molar-refractivity contribution in [1.29, 1.82) is 0 Å². The van der Waals surface area contributed by atoms with Crippen molar-refractivity contribution >= 4 is 38.5 Å². The summed E-state index contributed by atoms with van der Waals surface area (Å²) in [5, 5.41) is 5.30. The summed E-state index contributed by atoms with van der Waals surface area (Å²) >= 11 is 1.18. The fraction of sp³-hybridized carbons (Fsp3) is 0.0476. The van der Waals surface area contributed by atoms with Gasteiger partial charge in [0.25, 0.3) is 11.8 Å². The Kier molecular flexibility index (Phi) is 5.54. The third-order valence-electron chi connectivity index (χ3n) is 4.13. The number of carbonyl (C=O) groups is 2. The molecule has 0 saturated carbocycles. The zero-order valence-electron chi connectivity index (χ0n) is 16.0. The van der Waals surface area contributed by atoms with Crippen molar-refractivity contribution < 1.29 is 23.1 Å². The van der Waals surface area contributed by atoms with Gasteiger partial charge < -0.3 is 10.1 Å². The van der Waals surface area contributed by atoms with Crippen molar-refractivity contribution in [2.24, 2.45) is 0 Å². The fourth-order valence-electron chi connectivity index (χ4n) is 2.74. The third-order valence-corrected chi connectivity index (χ3v) is 5.07. The van der Waals surface area contributed by atoms with E-state index in [1.165, 1.54) is 30.6 Å². The number of fused-ring (bicyclic) bond motifs is 1. The number of halogens is 2. The van der Waals surface area contributed by atoms with Gasteiger partial charge >= 0.3 is 0 Å². The number of aromatic nitrogens is 2. The molecule has 156 valence electrons. The van der Waals surface area contributed by atoms with E-state index in [1.807, 2.05) is 0 Å². The van der Waals surface area contributed by atoms with Crippen molar-refractivity contribution in [1.82, 2.24) is 15.3 Å². The molecule has 0 radical (unpaired) electrons. The molecule has 2 heterocycles. The molecular formula is C21H14F2N4O3S. The zero-order valence-corrected chi connectivity index (χ0v) is 16.8. The van der Waals surface area contributed by atoms with Gasteiger partial charge in [0.15, 0.2) is 5.13 Å². The van der Waals surface area contributed by atoms with E-state index < -0.39 is 17.5 Å². The second-order valence-corrected chi connectivity index (χ2v) is 7.35. The quantitative estimate of drug-likeness (QED) is 0.481. The van der Waals surface area contributed by atoms with Crippen LogP contribution in [-0.4, -0.2) is 28.8 Å². The average molecular weight is 440 g/mol. The number of carbonyl (C=O) groups excluding carboxylic acids is 2. The lowest BCUT2D eigenvalue weighted by molar-refractivity contribution is 0.0957. The Morgan fingerprint density at radius 3 is 2.45 bits per heavy atom. The Hall–Kier alpha value is -3.92. The minimum absolute atomic E-state index is 0.148. The molecule has 4 rings (SSSR count). The minimum Gasteiger partial charge on any atom is -0.457 e. The molecule has 0 aliphatic rings. The van der Waals surface area contributed by atoms with E-state index in [0.717, 1.165) is 16.8 Å². The standard InChI is InChI=1S/C21H14F2N4O3S/c1-24-20(29)17-9-15(4-5-25-17)30-14-2-3-16-18(10-14)31-21(26-16)27-19(28)11-6-12(22)8-13(23)7-11/h2-10H,1H3,(H,24,29)(H,26,27,28). The molecule has 2 aromatic heterocycles. The second kappa shape index (κ2) is 8.44. The van der Waals surface area contributed by atoms with Crippen LogP contribution in [0.3, 0.4) is 0 Å². The lowest BCUT2D eigenvalue weighted by atomic mass is 10.2. The maximum absolute atomic E-state index is 13.3. The summed E-state index contributed by atoms with van der Waals surface area (Å²) in [6.45, 7) is 0. The number of ether oxygens (including phenoxy) is 1. The molecule has 0 fully saturated rings. The minimum atomic E-state index is -0.841. The van der Waals surface area contributed by atoms with Gasteiger partial charge in [0.05, 0.1) is 10.2 Å². The van der Waals surface area contributed by atoms with Crippen molar-refractivity contribution in [2.75, 3.05) is 12.4 Å². The molecule has 0 spiro atoms. The molecule has 0 aliphatic carbocycles. The lowest BCUT2D eigenvalue weighted by Crippen LogP contribution is -2.18. The normalized spacial score (nSPS) is 10.7. The van der Waals surface area contributed by atoms with E-state index >= 15 is 0 Å². The summed E-state index contributed by atoms with van der Waals surface area (Å²) in [6.07, 6.45) is 1.47. The van der Waals surface area contributed by atoms with Crippen molar-refractivity contribution in [3.8, 4) is 11.5 Å². The van der Waals surface area contributed by atoms with Crippen LogP contribution in [0.1, 0.15) is 20.8 Å². The molecule has 2 aromatic carbocycles. The number of hydrogen-bond donors (Lipinski definition) is 2. The van der Waals surface area contributed by atoms with Gasteiger partial charge in [-0.1, -0.05) is 11.3 Å². The smallest absolute Gasteiger partial charge is 0.269 e. The number of rotatable bonds is 5. The Balaban J connectivity index is 1.53. The van der Waals surface area contributed by atoms with E-state index in [2.05, 4.69) is 20.6 Å². The van der Waals surface area contributed by atoms with E-state index in [9.17, 15) is 18.4 Å². The topological polar surface area (TPSA) is 93.2 Å². The summed E-state index contributed by atoms with van der Waals surface area (Å²) in [5.74, 6) is -1.76. The van der Waals surface area contributed by atoms with E-state index in [-0.39, 0.29) is 22.3 Å². The van der Waals surface area contributed by atoms with Crippen LogP contribution in [0.25, 0.3) is 10.2 Å². The monoisotopic (exact) mass is 440 g/mol. The first-order chi connectivity index (χ1) is 14.9. The lowest BCUT2D eigenvalue weighted by Gasteiger charge is -2.06. The molecule has 0 aliphatic heterocycles. The molecule has 10 heteroatoms. The highest BCUT2D eigenvalue weighted by molar-refractivity contribution is 7.22. The van der Waals surface area contributed by atoms with Gasteiger partial charge in [-0.05, 0) is 30.3 Å². The van der Waals surface area contributed by atoms with Crippen LogP contribution in [0.2, 0.25) is 0 Å². The van der Waals surface area contributed by atoms with Crippen LogP contribution in [0.4, 0.5) is 13.9 Å². The number of anilines is 1. The third kappa shape index (κ3) is 4.64. The van der Waals surface area contributed by atoms with Crippen LogP contribution in [0, 0.1) is 11.6 Å². The van der Waals surface area contributed by atoms with E-state index in [4.69, 9.17) is 4.74 Å². The Labute approximate surface area is 178 Å². The van der Waals surface area contributed by atoms with E-state index in [0.29, 0.717) is 23.1 Å². The van der Waals surface area contributed by atoms with Gasteiger partial charge in [0.1, 0.15) is 28.8 Å². The number of nitrogens with one attached hydrogen (secondary N) is 2. The van der Waals surface area contributed by atoms with Gasteiger partial charge in [-0.2, -0.15) is 0 Å². The highest BCUT2D eigenvalue weighted by Crippen LogP contribution is 2.31. The fourth-order valence-corrected chi connectivity index (χ4v) is 3.63. The maximum atomic E-state index is 13.3. The summed E-state index contributed by atoms with van der Waals surface area (Å²) in [7, 11) is 1.51. The van der Waals surface area contributed by atoms with E-state index in [1.54, 1.807) is 24.3 Å². The Bertz CT molecular complexity index is 1290. The first-order valence-electron chi connectivity index (χ1n) is 8.95. The van der Waals surface area contributed by atoms with Crippen LogP contribution >= 0.6 is 11.3 Å². The second-order valence-electron chi connectivity index (χ2n) is 6.32. The molecule has 7 nitrogen and oxygen atoms in total. The van der Waals surface area contributed by atoms with Gasteiger partial charge in [0, 0.05) is 37.0 Å². The molecule has 0 saturated heterocycles. The summed E-state index contributed by atoms with van der Waals surface area (Å²) in [4.78, 5) is 32.3. The zero-order chi connectivity index (χ0) is 22.0. The van der Waals surface area contributed by atoms with Crippen LogP contribution in [0.5, 0.6) is 11.5 Å². The molecular weight excluding hydrogens is 426 g/mol. The Morgan fingerprint density at radius 1 is 0.968 bits per heavy atom. The Morgan fingerprint density at radius 2 is 1.71 bits per heavy atom. The molecule has 4 aromatic rings. The largest absolute Gasteiger partial charge is 0.457 e. The van der Waals surface area contributed by atoms with Crippen LogP contribution in [0.15, 0.2) is 54.7 Å². The average Bonchev–Trinajstić information content (AvgIpc) is 3.14. The highest BCUT2D eigenvalue weighted by Gasteiger charge is 2.13. The van der Waals surface area contributed by atoms with Gasteiger partial charge in [-0.3, -0.25) is 19.9 Å². The van der Waals surface area contributed by atoms with Crippen molar-refractivity contribution in [2.45, 2.75) is 0 Å². The number of benzene rings is 2. The number of nitrogens with zero attached hydrogens (tertiary/aromatic N) is 2. The number of thiazole rings is 1. The molecule has 2 amide bonds. The number of amides is 2. The number of pyridine rings is 1. The molecule has 0 atom stereocenters. The van der Waals surface area contributed by atoms with Crippen molar-refractivity contribution in [3.05, 3.63) is 77.6 Å². The van der Waals surface area contributed by atoms with Crippen LogP contribution < -0.4 is 15.4 Å².